The molecule has 5 nitrogen and oxygen atoms in total. The minimum absolute atomic E-state index is 0.0468. The largest absolute Gasteiger partial charge is 0.358 e. The minimum Gasteiger partial charge on any atom is -0.358 e. The second-order valence-corrected chi connectivity index (χ2v) is 6.00. The molecule has 2 atom stereocenters. The molecular formula is C17H23N3O2. The Labute approximate surface area is 131 Å². The maximum Gasteiger partial charge on any atom is 0.241 e. The van der Waals surface area contributed by atoms with Gasteiger partial charge in [-0.3, -0.25) is 14.5 Å². The quantitative estimate of drug-likeness (QED) is 0.908. The van der Waals surface area contributed by atoms with Crippen LogP contribution >= 0.6 is 0 Å². The fraction of sp³-hybridized carbons (Fsp3) is 0.529. The molecule has 22 heavy (non-hydrogen) atoms. The molecule has 0 saturated carbocycles. The van der Waals surface area contributed by atoms with Gasteiger partial charge in [-0.1, -0.05) is 30.3 Å². The molecule has 0 bridgehead atoms. The highest BCUT2D eigenvalue weighted by atomic mass is 16.2. The second-order valence-electron chi connectivity index (χ2n) is 6.00. The second kappa shape index (κ2) is 6.48. The number of nitrogens with zero attached hydrogens (tertiary/aromatic N) is 2. The normalized spacial score (nSPS) is 23.0. The fourth-order valence-electron chi connectivity index (χ4n) is 3.38. The van der Waals surface area contributed by atoms with Crippen molar-refractivity contribution in [2.75, 3.05) is 26.7 Å². The van der Waals surface area contributed by atoms with Crippen LogP contribution in [0.15, 0.2) is 30.3 Å². The summed E-state index contributed by atoms with van der Waals surface area (Å²) >= 11 is 0. The summed E-state index contributed by atoms with van der Waals surface area (Å²) in [4.78, 5) is 29.1. The lowest BCUT2D eigenvalue weighted by atomic mass is 10.0. The Morgan fingerprint density at radius 1 is 1.14 bits per heavy atom. The molecule has 2 aliphatic rings. The van der Waals surface area contributed by atoms with E-state index in [1.807, 2.05) is 35.2 Å². The number of benzene rings is 1. The topological polar surface area (TPSA) is 52.7 Å². The molecule has 2 amide bonds. The van der Waals surface area contributed by atoms with Crippen LogP contribution in [0.3, 0.4) is 0 Å². The number of carbonyl (C=O) groups is 2. The molecule has 5 heteroatoms. The van der Waals surface area contributed by atoms with Crippen LogP contribution in [0.2, 0.25) is 0 Å². The summed E-state index contributed by atoms with van der Waals surface area (Å²) in [6.07, 6.45) is 2.90. The smallest absolute Gasteiger partial charge is 0.241 e. The molecule has 3 rings (SSSR count). The summed E-state index contributed by atoms with van der Waals surface area (Å²) in [5.74, 6) is 0.142. The Bertz CT molecular complexity index is 542. The first kappa shape index (κ1) is 15.0. The highest BCUT2D eigenvalue weighted by Gasteiger charge is 2.41. The lowest BCUT2D eigenvalue weighted by Crippen LogP contribution is -2.53. The molecule has 0 spiro atoms. The number of amides is 2. The molecule has 0 aliphatic carbocycles. The van der Waals surface area contributed by atoms with Gasteiger partial charge in [0, 0.05) is 26.7 Å². The zero-order valence-electron chi connectivity index (χ0n) is 13.0. The molecule has 0 unspecified atom stereocenters. The van der Waals surface area contributed by atoms with Crippen LogP contribution in [0, 0.1) is 0 Å². The van der Waals surface area contributed by atoms with Gasteiger partial charge < -0.3 is 10.2 Å². The van der Waals surface area contributed by atoms with E-state index in [1.165, 1.54) is 0 Å². The highest BCUT2D eigenvalue weighted by Crippen LogP contribution is 2.31. The number of hydrogen-bond donors (Lipinski definition) is 1. The van der Waals surface area contributed by atoms with Gasteiger partial charge in [0.25, 0.3) is 0 Å². The molecular weight excluding hydrogens is 278 g/mol. The predicted octanol–water partition coefficient (Wildman–Crippen LogP) is 1.17. The summed E-state index contributed by atoms with van der Waals surface area (Å²) in [6, 6.07) is 9.19. The third-order valence-electron chi connectivity index (χ3n) is 4.69. The van der Waals surface area contributed by atoms with E-state index in [-0.39, 0.29) is 23.9 Å². The van der Waals surface area contributed by atoms with Crippen molar-refractivity contribution in [2.24, 2.45) is 0 Å². The van der Waals surface area contributed by atoms with E-state index in [2.05, 4.69) is 10.2 Å². The number of hydrogen-bond acceptors (Lipinski definition) is 3. The van der Waals surface area contributed by atoms with E-state index < -0.39 is 0 Å². The van der Waals surface area contributed by atoms with Gasteiger partial charge in [-0.2, -0.15) is 0 Å². The molecule has 1 N–H and O–H groups in total. The number of rotatable bonds is 4. The van der Waals surface area contributed by atoms with Crippen molar-refractivity contribution < 1.29 is 9.59 Å². The third kappa shape index (κ3) is 2.73. The molecule has 2 heterocycles. The first-order valence-corrected chi connectivity index (χ1v) is 8.03. The van der Waals surface area contributed by atoms with Gasteiger partial charge >= 0.3 is 0 Å². The van der Waals surface area contributed by atoms with Crippen molar-refractivity contribution in [1.82, 2.24) is 15.1 Å². The van der Waals surface area contributed by atoms with Crippen LogP contribution in [-0.4, -0.2) is 54.3 Å². The Balaban J connectivity index is 1.86. The first-order chi connectivity index (χ1) is 10.7. The Morgan fingerprint density at radius 3 is 2.45 bits per heavy atom. The van der Waals surface area contributed by atoms with Gasteiger partial charge in [0.1, 0.15) is 6.04 Å². The average molecular weight is 301 g/mol. The highest BCUT2D eigenvalue weighted by molar-refractivity contribution is 5.86. The summed E-state index contributed by atoms with van der Waals surface area (Å²) in [5, 5.41) is 2.75. The van der Waals surface area contributed by atoms with E-state index in [4.69, 9.17) is 0 Å². The lowest BCUT2D eigenvalue weighted by Gasteiger charge is -2.38. The summed E-state index contributed by atoms with van der Waals surface area (Å²) in [6.45, 7) is 2.51. The van der Waals surface area contributed by atoms with Crippen LogP contribution < -0.4 is 5.32 Å². The van der Waals surface area contributed by atoms with Crippen molar-refractivity contribution in [2.45, 2.75) is 31.3 Å². The van der Waals surface area contributed by atoms with Gasteiger partial charge in [0.2, 0.25) is 11.8 Å². The number of nitrogens with one attached hydrogen (secondary N) is 1. The first-order valence-electron chi connectivity index (χ1n) is 8.03. The summed E-state index contributed by atoms with van der Waals surface area (Å²) in [5.41, 5.74) is 0.949. The minimum atomic E-state index is -0.385. The van der Waals surface area contributed by atoms with Crippen LogP contribution in [0.5, 0.6) is 0 Å². The van der Waals surface area contributed by atoms with Crippen molar-refractivity contribution in [3.05, 3.63) is 35.9 Å². The van der Waals surface area contributed by atoms with Crippen LogP contribution in [0.4, 0.5) is 0 Å². The van der Waals surface area contributed by atoms with Gasteiger partial charge in [0.15, 0.2) is 0 Å². The number of likely N-dealkylation sites (tertiary alicyclic amines) is 2. The van der Waals surface area contributed by atoms with E-state index in [0.29, 0.717) is 0 Å². The van der Waals surface area contributed by atoms with E-state index in [0.717, 1.165) is 44.5 Å². The predicted molar refractivity (Wildman–Crippen MR) is 84.2 cm³/mol. The molecule has 0 aromatic heterocycles. The SMILES string of the molecule is CNC(=O)[C@@H](c1ccccc1)N1CCC[C@H]1C(=O)N1CCC1. The molecule has 1 aromatic rings. The van der Waals surface area contributed by atoms with Crippen LogP contribution in [0.25, 0.3) is 0 Å². The van der Waals surface area contributed by atoms with Crippen LogP contribution in [-0.2, 0) is 9.59 Å². The van der Waals surface area contributed by atoms with Gasteiger partial charge in [0.05, 0.1) is 6.04 Å². The molecule has 2 aliphatic heterocycles. The molecule has 2 fully saturated rings. The molecule has 0 radical (unpaired) electrons. The molecule has 1 aromatic carbocycles. The number of carbonyl (C=O) groups excluding carboxylic acids is 2. The van der Waals surface area contributed by atoms with Crippen LogP contribution in [0.1, 0.15) is 30.9 Å². The van der Waals surface area contributed by atoms with E-state index in [9.17, 15) is 9.59 Å². The van der Waals surface area contributed by atoms with E-state index in [1.54, 1.807) is 7.05 Å². The third-order valence-corrected chi connectivity index (χ3v) is 4.69. The zero-order chi connectivity index (χ0) is 15.5. The molecule has 2 saturated heterocycles. The Kier molecular flexibility index (Phi) is 4.43. The Hall–Kier alpha value is -1.88. The van der Waals surface area contributed by atoms with Crippen molar-refractivity contribution >= 4 is 11.8 Å². The van der Waals surface area contributed by atoms with Gasteiger partial charge in [-0.05, 0) is 24.8 Å². The zero-order valence-corrected chi connectivity index (χ0v) is 13.0. The average Bonchev–Trinajstić information content (AvgIpc) is 2.95. The van der Waals surface area contributed by atoms with E-state index >= 15 is 0 Å². The summed E-state index contributed by atoms with van der Waals surface area (Å²) in [7, 11) is 1.65. The van der Waals surface area contributed by atoms with Gasteiger partial charge in [-0.15, -0.1) is 0 Å². The summed E-state index contributed by atoms with van der Waals surface area (Å²) < 4.78 is 0. The lowest BCUT2D eigenvalue weighted by molar-refractivity contribution is -0.141. The fourth-order valence-corrected chi connectivity index (χ4v) is 3.38. The van der Waals surface area contributed by atoms with Crippen molar-refractivity contribution in [3.8, 4) is 0 Å². The number of likely N-dealkylation sites (N-methyl/N-ethyl adjacent to an activating group) is 1. The van der Waals surface area contributed by atoms with Gasteiger partial charge in [-0.25, -0.2) is 0 Å². The molecule has 118 valence electrons. The van der Waals surface area contributed by atoms with Crippen molar-refractivity contribution in [3.63, 3.8) is 0 Å². The maximum absolute atomic E-state index is 12.6. The monoisotopic (exact) mass is 301 g/mol. The maximum atomic E-state index is 12.6. The standard InChI is InChI=1S/C17H23N3O2/c1-18-16(21)15(13-7-3-2-4-8-13)20-12-5-9-14(20)17(22)19-10-6-11-19/h2-4,7-8,14-15H,5-6,9-12H2,1H3,(H,18,21)/t14-,15+/m0/s1. The Morgan fingerprint density at radius 2 is 1.86 bits per heavy atom. The van der Waals surface area contributed by atoms with Crippen molar-refractivity contribution in [1.29, 1.82) is 0 Å².